The van der Waals surface area contributed by atoms with Crippen molar-refractivity contribution in [1.29, 1.82) is 0 Å². The Balaban J connectivity index is 2.24. The number of hydrogen-bond donors (Lipinski definition) is 0. The second-order valence-electron chi connectivity index (χ2n) is 10.8. The van der Waals surface area contributed by atoms with Crippen molar-refractivity contribution < 1.29 is 76.2 Å². The van der Waals surface area contributed by atoms with Crippen molar-refractivity contribution in [2.24, 2.45) is 0 Å². The molecule has 3 heterocycles. The molecule has 2 aliphatic heterocycles. The molecule has 1 aromatic rings. The van der Waals surface area contributed by atoms with E-state index in [0.29, 0.717) is 4.57 Å². The molecule has 0 saturated carbocycles. The highest BCUT2D eigenvalue weighted by molar-refractivity contribution is 5.69. The van der Waals surface area contributed by atoms with Crippen LogP contribution >= 0.6 is 0 Å². The molecule has 2 fully saturated rings. The topological polar surface area (TPSA) is 247 Å². The van der Waals surface area contributed by atoms with Crippen LogP contribution in [0.15, 0.2) is 21.9 Å². The molecule has 0 radical (unpaired) electrons. The minimum absolute atomic E-state index is 0.448. The van der Waals surface area contributed by atoms with Crippen molar-refractivity contribution >= 4 is 41.8 Å². The Hall–Kier alpha value is -5.11. The maximum Gasteiger partial charge on any atom is 0.335 e. The van der Waals surface area contributed by atoms with E-state index in [2.05, 4.69) is 0 Å². The summed E-state index contributed by atoms with van der Waals surface area (Å²) in [7, 11) is 0. The van der Waals surface area contributed by atoms with Crippen molar-refractivity contribution in [3.63, 3.8) is 0 Å². The Morgan fingerprint density at radius 1 is 0.551 bits per heavy atom. The zero-order valence-corrected chi connectivity index (χ0v) is 27.5. The van der Waals surface area contributed by atoms with E-state index in [9.17, 15) is 43.2 Å². The van der Waals surface area contributed by atoms with Gasteiger partial charge in [0.05, 0.1) is 0 Å². The summed E-state index contributed by atoms with van der Waals surface area (Å²) in [6, 6.07) is 0.865. The van der Waals surface area contributed by atoms with Crippen molar-refractivity contribution in [2.75, 3.05) is 13.2 Å². The number of nitrogens with zero attached hydrogens (tertiary/aromatic N) is 2. The molecule has 0 unspecified atom stereocenters. The molecular formula is C29H36N2O18. The molecule has 49 heavy (non-hydrogen) atoms. The van der Waals surface area contributed by atoms with Gasteiger partial charge in [0.15, 0.2) is 43.0 Å². The molecule has 2 saturated heterocycles. The number of aromatic nitrogens is 2. The number of esters is 7. The third-order valence-corrected chi connectivity index (χ3v) is 6.88. The smallest absolute Gasteiger partial charge is 0.335 e. The van der Waals surface area contributed by atoms with Crippen LogP contribution in [-0.2, 0) is 76.2 Å². The monoisotopic (exact) mass is 700 g/mol. The molecule has 0 aliphatic carbocycles. The van der Waals surface area contributed by atoms with Crippen LogP contribution in [-0.4, -0.2) is 107 Å². The number of rotatable bonds is 11. The van der Waals surface area contributed by atoms with E-state index in [1.807, 2.05) is 0 Å². The van der Waals surface area contributed by atoms with Gasteiger partial charge in [0.2, 0.25) is 0 Å². The summed E-state index contributed by atoms with van der Waals surface area (Å²) in [5.41, 5.74) is -2.30. The Labute approximate surface area is 277 Å². The number of hydrogen-bond acceptors (Lipinski definition) is 18. The number of carbonyl (C=O) groups is 7. The fraction of sp³-hybridized carbons (Fsp3) is 0.621. The van der Waals surface area contributed by atoms with Crippen LogP contribution in [0.3, 0.4) is 0 Å². The zero-order chi connectivity index (χ0) is 36.7. The van der Waals surface area contributed by atoms with Gasteiger partial charge in [-0.15, -0.1) is 0 Å². The zero-order valence-electron chi connectivity index (χ0n) is 27.5. The van der Waals surface area contributed by atoms with Crippen LogP contribution in [0.4, 0.5) is 0 Å². The lowest BCUT2D eigenvalue weighted by atomic mass is 9.97. The van der Waals surface area contributed by atoms with Gasteiger partial charge in [-0.05, 0) is 0 Å². The predicted octanol–water partition coefficient (Wildman–Crippen LogP) is -1.41. The molecule has 0 N–H and O–H groups in total. The minimum Gasteiger partial charge on any atom is -0.463 e. The Kier molecular flexibility index (Phi) is 12.8. The summed E-state index contributed by atoms with van der Waals surface area (Å²) in [6.07, 6.45) is -13.5. The van der Waals surface area contributed by atoms with E-state index in [-0.39, 0.29) is 0 Å². The lowest BCUT2D eigenvalue weighted by Crippen LogP contribution is -2.63. The lowest BCUT2D eigenvalue weighted by Gasteiger charge is -2.44. The van der Waals surface area contributed by atoms with Crippen molar-refractivity contribution in [1.82, 2.24) is 9.13 Å². The van der Waals surface area contributed by atoms with Crippen molar-refractivity contribution in [3.8, 4) is 0 Å². The number of ether oxygens (including phenoxy) is 9. The molecule has 0 aromatic carbocycles. The quantitative estimate of drug-likeness (QED) is 0.190. The molecule has 0 spiro atoms. The maximum atomic E-state index is 14.2. The third kappa shape index (κ3) is 9.72. The summed E-state index contributed by atoms with van der Waals surface area (Å²) in [6.45, 7) is 6.06. The Bertz CT molecular complexity index is 1580. The highest BCUT2D eigenvalue weighted by Crippen LogP contribution is 2.36. The van der Waals surface area contributed by atoms with E-state index < -0.39 is 121 Å². The van der Waals surface area contributed by atoms with Gasteiger partial charge in [-0.3, -0.25) is 42.9 Å². The van der Waals surface area contributed by atoms with Gasteiger partial charge < -0.3 is 42.6 Å². The summed E-state index contributed by atoms with van der Waals surface area (Å²) in [4.78, 5) is 112. The second kappa shape index (κ2) is 16.3. The van der Waals surface area contributed by atoms with Crippen molar-refractivity contribution in [3.05, 3.63) is 33.1 Å². The van der Waals surface area contributed by atoms with Crippen LogP contribution in [0.25, 0.3) is 0 Å². The molecule has 0 amide bonds. The highest BCUT2D eigenvalue weighted by Gasteiger charge is 2.55. The predicted molar refractivity (Wildman–Crippen MR) is 154 cm³/mol. The lowest BCUT2D eigenvalue weighted by molar-refractivity contribution is -0.269. The Morgan fingerprint density at radius 3 is 1.35 bits per heavy atom. The largest absolute Gasteiger partial charge is 0.463 e. The van der Waals surface area contributed by atoms with E-state index in [4.69, 9.17) is 42.6 Å². The van der Waals surface area contributed by atoms with E-state index >= 15 is 0 Å². The standard InChI is InChI=1S/C29H36N2O18/c1-12(32)41-10-19-22(43-14(3)34)24(45-16(5)36)26(47-18(7)38)28(49-19)31-21(39)8-9-30(29(31)40)27-25(46-17(6)37)23(44-15(4)35)20(48-27)11-42-13(2)33/h8-9,19-20,22-28H,10-11H2,1-7H3/t19-,20-,22-,23-,24+,25-,26-,27-,28-/m1/s1. The van der Waals surface area contributed by atoms with Gasteiger partial charge in [-0.25, -0.2) is 9.36 Å². The fourth-order valence-corrected chi connectivity index (χ4v) is 5.26. The first-order valence-electron chi connectivity index (χ1n) is 14.7. The van der Waals surface area contributed by atoms with Gasteiger partial charge in [0, 0.05) is 60.7 Å². The van der Waals surface area contributed by atoms with E-state index in [0.717, 1.165) is 65.3 Å². The summed E-state index contributed by atoms with van der Waals surface area (Å²) in [5.74, 6) is -6.11. The summed E-state index contributed by atoms with van der Waals surface area (Å²) >= 11 is 0. The molecular weight excluding hydrogens is 664 g/mol. The number of carbonyl (C=O) groups excluding carboxylic acids is 7. The molecule has 9 atom stereocenters. The molecule has 20 nitrogen and oxygen atoms in total. The summed E-state index contributed by atoms with van der Waals surface area (Å²) in [5, 5.41) is 0. The first-order valence-corrected chi connectivity index (χ1v) is 14.7. The van der Waals surface area contributed by atoms with Crippen LogP contribution < -0.4 is 11.2 Å². The molecule has 270 valence electrons. The van der Waals surface area contributed by atoms with Gasteiger partial charge >= 0.3 is 47.5 Å². The maximum absolute atomic E-state index is 14.2. The van der Waals surface area contributed by atoms with Gasteiger partial charge in [-0.2, -0.15) is 0 Å². The first-order chi connectivity index (χ1) is 22.9. The molecule has 0 bridgehead atoms. The van der Waals surface area contributed by atoms with Crippen LogP contribution in [0.5, 0.6) is 0 Å². The average Bonchev–Trinajstić information content (AvgIpc) is 3.28. The van der Waals surface area contributed by atoms with Gasteiger partial charge in [0.1, 0.15) is 25.4 Å². The van der Waals surface area contributed by atoms with Crippen LogP contribution in [0, 0.1) is 0 Å². The van der Waals surface area contributed by atoms with Crippen LogP contribution in [0.2, 0.25) is 0 Å². The molecule has 20 heteroatoms. The highest BCUT2D eigenvalue weighted by atomic mass is 16.7. The van der Waals surface area contributed by atoms with E-state index in [1.54, 1.807) is 0 Å². The minimum atomic E-state index is -1.94. The van der Waals surface area contributed by atoms with Crippen LogP contribution in [0.1, 0.15) is 60.9 Å². The second-order valence-corrected chi connectivity index (χ2v) is 10.8. The fourth-order valence-electron chi connectivity index (χ4n) is 5.26. The molecule has 2 aliphatic rings. The average molecular weight is 701 g/mol. The van der Waals surface area contributed by atoms with Gasteiger partial charge in [-0.1, -0.05) is 0 Å². The van der Waals surface area contributed by atoms with Gasteiger partial charge in [0.25, 0.3) is 5.56 Å². The Morgan fingerprint density at radius 2 is 0.918 bits per heavy atom. The third-order valence-electron chi connectivity index (χ3n) is 6.88. The van der Waals surface area contributed by atoms with E-state index in [1.165, 1.54) is 0 Å². The summed E-state index contributed by atoms with van der Waals surface area (Å²) < 4.78 is 49.9. The normalized spacial score (nSPS) is 27.6. The first kappa shape index (κ1) is 38.3. The van der Waals surface area contributed by atoms with Crippen molar-refractivity contribution in [2.45, 2.75) is 104 Å². The molecule has 1 aromatic heterocycles. The molecule has 3 rings (SSSR count). The SMILES string of the molecule is CC(=O)OC[C@H]1O[C@@H](n2c(=O)ccn([C@@H]3O[C@H](COC(C)=O)[C@@H](OC(C)=O)[C@H]3OC(C)=O)c2=O)[C@H](OC(C)=O)[C@@H](OC(C)=O)[C@@H]1OC(C)=O.